The van der Waals surface area contributed by atoms with E-state index in [4.69, 9.17) is 4.74 Å². The fraction of sp³-hybridized carbons (Fsp3) is 1.00. The molecule has 19 heavy (non-hydrogen) atoms. The van der Waals surface area contributed by atoms with E-state index in [0.717, 1.165) is 17.0 Å². The molecule has 1 aliphatic carbocycles. The second-order valence-corrected chi connectivity index (χ2v) is 8.42. The highest BCUT2D eigenvalue weighted by Crippen LogP contribution is 2.43. The lowest BCUT2D eigenvalue weighted by Crippen LogP contribution is -2.42. The van der Waals surface area contributed by atoms with Crippen molar-refractivity contribution in [1.29, 1.82) is 0 Å². The summed E-state index contributed by atoms with van der Waals surface area (Å²) in [7, 11) is 0. The first-order chi connectivity index (χ1) is 8.83. The first kappa shape index (κ1) is 17.7. The van der Waals surface area contributed by atoms with Crippen LogP contribution < -0.4 is 0 Å². The van der Waals surface area contributed by atoms with Crippen LogP contribution in [0.3, 0.4) is 0 Å². The van der Waals surface area contributed by atoms with Crippen LogP contribution in [-0.4, -0.2) is 16.6 Å². The fourth-order valence-electron chi connectivity index (χ4n) is 3.22. The number of hydrogen-bond donors (Lipinski definition) is 0. The van der Waals surface area contributed by atoms with Gasteiger partial charge in [-0.1, -0.05) is 63.6 Å². The monoisotopic (exact) mass is 380 g/mol. The molecule has 114 valence electrons. The van der Waals surface area contributed by atoms with Crippen molar-refractivity contribution < 1.29 is 4.74 Å². The van der Waals surface area contributed by atoms with E-state index in [-0.39, 0.29) is 5.60 Å². The average Bonchev–Trinajstić information content (AvgIpc) is 2.36. The molecule has 0 aromatic carbocycles. The van der Waals surface area contributed by atoms with E-state index in [9.17, 15) is 0 Å². The third-order valence-corrected chi connectivity index (χ3v) is 6.21. The van der Waals surface area contributed by atoms with Crippen molar-refractivity contribution in [3.8, 4) is 0 Å². The van der Waals surface area contributed by atoms with Crippen molar-refractivity contribution in [1.82, 2.24) is 0 Å². The van der Waals surface area contributed by atoms with Gasteiger partial charge in [-0.3, -0.25) is 0 Å². The van der Waals surface area contributed by atoms with Gasteiger partial charge < -0.3 is 4.74 Å². The predicted molar refractivity (Wildman–Crippen MR) is 93.1 cm³/mol. The maximum atomic E-state index is 6.39. The van der Waals surface area contributed by atoms with Crippen molar-refractivity contribution in [2.45, 2.75) is 78.7 Å². The molecule has 1 fully saturated rings. The first-order valence-corrected chi connectivity index (χ1v) is 9.55. The maximum absolute atomic E-state index is 6.39. The van der Waals surface area contributed by atoms with Gasteiger partial charge in [0.15, 0.2) is 0 Å². The van der Waals surface area contributed by atoms with E-state index in [1.54, 1.807) is 0 Å². The molecule has 0 heterocycles. The highest BCUT2D eigenvalue weighted by atomic mass is 127. The number of alkyl halides is 1. The SMILES string of the molecule is CCCC(C)COC1(CI)CCC(C(C)(C)C)CC1. The van der Waals surface area contributed by atoms with Gasteiger partial charge in [-0.15, -0.1) is 0 Å². The Bertz CT molecular complexity index is 248. The number of ether oxygens (including phenoxy) is 1. The number of rotatable bonds is 6. The first-order valence-electron chi connectivity index (χ1n) is 8.03. The summed E-state index contributed by atoms with van der Waals surface area (Å²) in [5.74, 6) is 1.59. The van der Waals surface area contributed by atoms with Gasteiger partial charge in [-0.05, 0) is 49.4 Å². The Labute approximate surface area is 134 Å². The molecule has 1 aliphatic rings. The standard InChI is InChI=1S/C17H33IO/c1-6-7-14(2)12-19-17(13-18)10-8-15(9-11-17)16(3,4)5/h14-15H,6-13H2,1-5H3. The quantitative estimate of drug-likeness (QED) is 0.415. The predicted octanol–water partition coefficient (Wildman–Crippen LogP) is 5.85. The summed E-state index contributed by atoms with van der Waals surface area (Å²) in [4.78, 5) is 0. The molecule has 0 bridgehead atoms. The van der Waals surface area contributed by atoms with Crippen LogP contribution in [0.15, 0.2) is 0 Å². The topological polar surface area (TPSA) is 9.23 Å². The molecule has 0 saturated heterocycles. The van der Waals surface area contributed by atoms with Crippen LogP contribution in [0.4, 0.5) is 0 Å². The van der Waals surface area contributed by atoms with Crippen LogP contribution >= 0.6 is 22.6 Å². The second-order valence-electron chi connectivity index (χ2n) is 7.66. The zero-order valence-electron chi connectivity index (χ0n) is 13.6. The van der Waals surface area contributed by atoms with Gasteiger partial charge in [-0.2, -0.15) is 0 Å². The third-order valence-electron chi connectivity index (χ3n) is 4.82. The molecule has 0 amide bonds. The van der Waals surface area contributed by atoms with E-state index >= 15 is 0 Å². The summed E-state index contributed by atoms with van der Waals surface area (Å²) in [6, 6.07) is 0. The van der Waals surface area contributed by atoms with Crippen molar-refractivity contribution in [2.24, 2.45) is 17.3 Å². The molecule has 0 aromatic rings. The van der Waals surface area contributed by atoms with E-state index in [2.05, 4.69) is 57.2 Å². The molecule has 1 nitrogen and oxygen atoms in total. The molecular weight excluding hydrogens is 347 g/mol. The van der Waals surface area contributed by atoms with Crippen LogP contribution in [0.25, 0.3) is 0 Å². The van der Waals surface area contributed by atoms with Crippen molar-refractivity contribution >= 4 is 22.6 Å². The molecular formula is C17H33IO. The van der Waals surface area contributed by atoms with Crippen molar-refractivity contribution in [3.05, 3.63) is 0 Å². The van der Waals surface area contributed by atoms with Crippen LogP contribution in [0.5, 0.6) is 0 Å². The molecule has 1 saturated carbocycles. The molecule has 0 N–H and O–H groups in total. The summed E-state index contributed by atoms with van der Waals surface area (Å²) in [6.07, 6.45) is 7.77. The van der Waals surface area contributed by atoms with Gasteiger partial charge in [0.05, 0.1) is 5.60 Å². The summed E-state index contributed by atoms with van der Waals surface area (Å²) in [5, 5.41) is 0. The summed E-state index contributed by atoms with van der Waals surface area (Å²) >= 11 is 2.53. The number of hydrogen-bond acceptors (Lipinski definition) is 1. The molecule has 2 heteroatoms. The molecule has 0 spiro atoms. The Morgan fingerprint density at radius 1 is 1.26 bits per heavy atom. The van der Waals surface area contributed by atoms with Gasteiger partial charge in [0.2, 0.25) is 0 Å². The van der Waals surface area contributed by atoms with E-state index in [1.807, 2.05) is 0 Å². The minimum atomic E-state index is 0.185. The molecule has 1 unspecified atom stereocenters. The van der Waals surface area contributed by atoms with Crippen LogP contribution in [0.1, 0.15) is 73.1 Å². The molecule has 0 radical (unpaired) electrons. The van der Waals surface area contributed by atoms with Gasteiger partial charge in [0.1, 0.15) is 0 Å². The highest BCUT2D eigenvalue weighted by molar-refractivity contribution is 14.1. The van der Waals surface area contributed by atoms with Gasteiger partial charge in [0.25, 0.3) is 0 Å². The summed E-state index contributed by atoms with van der Waals surface area (Å²) in [5.41, 5.74) is 0.650. The van der Waals surface area contributed by atoms with E-state index in [1.165, 1.54) is 38.5 Å². The minimum absolute atomic E-state index is 0.185. The Morgan fingerprint density at radius 2 is 1.84 bits per heavy atom. The Kier molecular flexibility index (Phi) is 7.12. The normalized spacial score (nSPS) is 30.3. The van der Waals surface area contributed by atoms with Gasteiger partial charge in [0, 0.05) is 11.0 Å². The maximum Gasteiger partial charge on any atom is 0.0771 e. The van der Waals surface area contributed by atoms with E-state index < -0.39 is 0 Å². The molecule has 1 rings (SSSR count). The zero-order valence-corrected chi connectivity index (χ0v) is 15.8. The summed E-state index contributed by atoms with van der Waals surface area (Å²) in [6.45, 7) is 12.7. The lowest BCUT2D eigenvalue weighted by Gasteiger charge is -2.43. The minimum Gasteiger partial charge on any atom is -0.374 e. The third kappa shape index (κ3) is 5.53. The smallest absolute Gasteiger partial charge is 0.0771 e. The lowest BCUT2D eigenvalue weighted by molar-refractivity contribution is -0.0791. The number of halogens is 1. The van der Waals surface area contributed by atoms with Crippen molar-refractivity contribution in [2.75, 3.05) is 11.0 Å². The summed E-state index contributed by atoms with van der Waals surface area (Å²) < 4.78 is 7.54. The Morgan fingerprint density at radius 3 is 2.26 bits per heavy atom. The average molecular weight is 380 g/mol. The Hall–Kier alpha value is 0.690. The van der Waals surface area contributed by atoms with Crippen molar-refractivity contribution in [3.63, 3.8) is 0 Å². The van der Waals surface area contributed by atoms with Gasteiger partial charge >= 0.3 is 0 Å². The van der Waals surface area contributed by atoms with Crippen LogP contribution in [0, 0.1) is 17.3 Å². The van der Waals surface area contributed by atoms with Crippen LogP contribution in [0.2, 0.25) is 0 Å². The highest BCUT2D eigenvalue weighted by Gasteiger charge is 2.38. The van der Waals surface area contributed by atoms with E-state index in [0.29, 0.717) is 11.3 Å². The largest absolute Gasteiger partial charge is 0.374 e. The Balaban J connectivity index is 2.46. The molecule has 0 aliphatic heterocycles. The molecule has 1 atom stereocenters. The zero-order chi connectivity index (χ0) is 14.5. The fourth-order valence-corrected chi connectivity index (χ4v) is 4.20. The lowest BCUT2D eigenvalue weighted by atomic mass is 9.69. The molecule has 0 aromatic heterocycles. The van der Waals surface area contributed by atoms with Gasteiger partial charge in [-0.25, -0.2) is 0 Å². The van der Waals surface area contributed by atoms with Crippen LogP contribution in [-0.2, 0) is 4.74 Å². The second kappa shape index (κ2) is 7.63.